The van der Waals surface area contributed by atoms with Gasteiger partial charge in [0, 0.05) is 6.04 Å². The van der Waals surface area contributed by atoms with Crippen molar-refractivity contribution in [3.05, 3.63) is 18.9 Å². The van der Waals surface area contributed by atoms with Gasteiger partial charge in [-0.25, -0.2) is 15.0 Å². The van der Waals surface area contributed by atoms with E-state index in [1.165, 1.54) is 6.33 Å². The van der Waals surface area contributed by atoms with Crippen LogP contribution in [-0.2, 0) is 10.1 Å². The molecule has 2 aromatic rings. The fraction of sp³-hybridized carbons (Fsp3) is 0.583. The van der Waals surface area contributed by atoms with Crippen LogP contribution in [0.4, 0.5) is 0 Å². The molecule has 0 spiro atoms. The average Bonchev–Trinajstić information content (AvgIpc) is 3.03. The van der Waals surface area contributed by atoms with Crippen molar-refractivity contribution >= 4 is 21.3 Å². The van der Waals surface area contributed by atoms with Crippen LogP contribution in [0.25, 0.3) is 11.2 Å². The first-order chi connectivity index (χ1) is 10.0. The van der Waals surface area contributed by atoms with Crippen molar-refractivity contribution in [1.29, 1.82) is 0 Å². The fourth-order valence-corrected chi connectivity index (χ4v) is 3.31. The summed E-state index contributed by atoms with van der Waals surface area (Å²) < 4.78 is 32.1. The van der Waals surface area contributed by atoms with Gasteiger partial charge in [0.25, 0.3) is 10.1 Å². The van der Waals surface area contributed by atoms with E-state index in [-0.39, 0.29) is 0 Å². The highest BCUT2D eigenvalue weighted by Crippen LogP contribution is 2.35. The minimum atomic E-state index is -3.94. The van der Waals surface area contributed by atoms with Crippen molar-refractivity contribution in [2.24, 2.45) is 5.92 Å². The lowest BCUT2D eigenvalue weighted by atomic mass is 10.1. The summed E-state index contributed by atoms with van der Waals surface area (Å²) in [6.07, 6.45) is 7.95. The van der Waals surface area contributed by atoms with Crippen molar-refractivity contribution in [1.82, 2.24) is 24.8 Å². The van der Waals surface area contributed by atoms with Gasteiger partial charge in [-0.2, -0.15) is 8.42 Å². The number of imidazole rings is 1. The summed E-state index contributed by atoms with van der Waals surface area (Å²) in [6.45, 7) is 0.581. The zero-order chi connectivity index (χ0) is 14.9. The Morgan fingerprint density at radius 3 is 3.05 bits per heavy atom. The van der Waals surface area contributed by atoms with Gasteiger partial charge in [-0.1, -0.05) is 0 Å². The molecule has 0 aromatic carbocycles. The standard InChI is InChI=1S/C12H17N5O3S/c18-21(19,20)8-14-4-9-1-2-10(3-9)17-7-16-11-5-13-6-15-12(11)17/h5-7,9-10,14H,1-4,8H2,(H,18,19,20)/t9-,10+/m1/s1. The molecule has 2 atom stereocenters. The summed E-state index contributed by atoms with van der Waals surface area (Å²) in [4.78, 5) is 12.5. The van der Waals surface area contributed by atoms with Gasteiger partial charge in [0.15, 0.2) is 5.65 Å². The van der Waals surface area contributed by atoms with Crippen molar-refractivity contribution < 1.29 is 13.0 Å². The molecule has 1 saturated carbocycles. The van der Waals surface area contributed by atoms with E-state index >= 15 is 0 Å². The van der Waals surface area contributed by atoms with Gasteiger partial charge >= 0.3 is 0 Å². The predicted octanol–water partition coefficient (Wildman–Crippen LogP) is 0.602. The minimum Gasteiger partial charge on any atom is -0.312 e. The Kier molecular flexibility index (Phi) is 3.87. The van der Waals surface area contributed by atoms with Crippen molar-refractivity contribution in [3.63, 3.8) is 0 Å². The van der Waals surface area contributed by atoms with E-state index in [0.717, 1.165) is 30.4 Å². The number of hydrogen-bond acceptors (Lipinski definition) is 6. The molecular formula is C12H17N5O3S. The minimum absolute atomic E-state index is 0.322. The second-order valence-electron chi connectivity index (χ2n) is 5.40. The Morgan fingerprint density at radius 1 is 1.38 bits per heavy atom. The summed E-state index contributed by atoms with van der Waals surface area (Å²) in [5.74, 6) is -0.00824. The van der Waals surface area contributed by atoms with Crippen molar-refractivity contribution in [2.75, 3.05) is 12.4 Å². The normalized spacial score (nSPS) is 22.9. The highest BCUT2D eigenvalue weighted by Gasteiger charge is 2.27. The molecule has 0 bridgehead atoms. The summed E-state index contributed by atoms with van der Waals surface area (Å²) in [5.41, 5.74) is 1.62. The van der Waals surface area contributed by atoms with E-state index in [1.807, 2.05) is 0 Å². The lowest BCUT2D eigenvalue weighted by Gasteiger charge is -2.13. The monoisotopic (exact) mass is 311 g/mol. The molecule has 2 N–H and O–H groups in total. The topological polar surface area (TPSA) is 110 Å². The van der Waals surface area contributed by atoms with Crippen LogP contribution in [0.2, 0.25) is 0 Å². The maximum absolute atomic E-state index is 10.7. The highest BCUT2D eigenvalue weighted by molar-refractivity contribution is 7.85. The molecule has 0 aliphatic heterocycles. The summed E-state index contributed by atoms with van der Waals surface area (Å²) in [5, 5.41) is 2.78. The lowest BCUT2D eigenvalue weighted by Crippen LogP contribution is -2.27. The van der Waals surface area contributed by atoms with Gasteiger partial charge in [-0.05, 0) is 31.7 Å². The number of hydrogen-bond donors (Lipinski definition) is 2. The number of fused-ring (bicyclic) bond motifs is 1. The van der Waals surface area contributed by atoms with Gasteiger partial charge in [-0.15, -0.1) is 0 Å². The Labute approximate surface area is 122 Å². The molecule has 21 heavy (non-hydrogen) atoms. The van der Waals surface area contributed by atoms with Gasteiger partial charge in [-0.3, -0.25) is 4.55 Å². The van der Waals surface area contributed by atoms with Crippen LogP contribution < -0.4 is 5.32 Å². The third-order valence-electron chi connectivity index (χ3n) is 3.86. The Bertz CT molecular complexity index is 729. The van der Waals surface area contributed by atoms with Crippen LogP contribution in [0.15, 0.2) is 18.9 Å². The molecular weight excluding hydrogens is 294 g/mol. The highest BCUT2D eigenvalue weighted by atomic mass is 32.2. The molecule has 0 radical (unpaired) electrons. The molecule has 1 aliphatic rings. The first-order valence-electron chi connectivity index (χ1n) is 6.81. The maximum atomic E-state index is 10.7. The van der Waals surface area contributed by atoms with Gasteiger partial charge < -0.3 is 9.88 Å². The second-order valence-corrected chi connectivity index (χ2v) is 6.85. The summed E-state index contributed by atoms with van der Waals surface area (Å²) >= 11 is 0. The predicted molar refractivity (Wildman–Crippen MR) is 76.1 cm³/mol. The Hall–Kier alpha value is -1.58. The van der Waals surface area contributed by atoms with Crippen LogP contribution in [0.1, 0.15) is 25.3 Å². The van der Waals surface area contributed by atoms with E-state index in [4.69, 9.17) is 4.55 Å². The van der Waals surface area contributed by atoms with Crippen molar-refractivity contribution in [2.45, 2.75) is 25.3 Å². The maximum Gasteiger partial charge on any atom is 0.278 e. The van der Waals surface area contributed by atoms with Gasteiger partial charge in [0.1, 0.15) is 17.7 Å². The van der Waals surface area contributed by atoms with Crippen LogP contribution in [0.3, 0.4) is 0 Å². The molecule has 0 amide bonds. The zero-order valence-electron chi connectivity index (χ0n) is 11.4. The molecule has 1 aliphatic carbocycles. The Balaban J connectivity index is 1.62. The molecule has 0 unspecified atom stereocenters. The average molecular weight is 311 g/mol. The SMILES string of the molecule is O=S(=O)(O)CNC[C@@H]1CC[C@H](n2cnc3cncnc32)C1. The van der Waals surface area contributed by atoms with E-state index in [2.05, 4.69) is 24.8 Å². The smallest absolute Gasteiger partial charge is 0.278 e. The second kappa shape index (κ2) is 5.66. The van der Waals surface area contributed by atoms with E-state index in [1.54, 1.807) is 12.5 Å². The molecule has 0 saturated heterocycles. The first kappa shape index (κ1) is 14.4. The van der Waals surface area contributed by atoms with Gasteiger partial charge in [0.05, 0.1) is 12.5 Å². The van der Waals surface area contributed by atoms with Crippen molar-refractivity contribution in [3.8, 4) is 0 Å². The van der Waals surface area contributed by atoms with Gasteiger partial charge in [0.2, 0.25) is 0 Å². The van der Waals surface area contributed by atoms with E-state index in [0.29, 0.717) is 18.5 Å². The van der Waals surface area contributed by atoms with E-state index in [9.17, 15) is 8.42 Å². The lowest BCUT2D eigenvalue weighted by molar-refractivity contribution is 0.448. The first-order valence-corrected chi connectivity index (χ1v) is 8.42. The largest absolute Gasteiger partial charge is 0.312 e. The van der Waals surface area contributed by atoms with Crippen LogP contribution >= 0.6 is 0 Å². The Morgan fingerprint density at radius 2 is 2.24 bits per heavy atom. The molecule has 1 fully saturated rings. The quantitative estimate of drug-likeness (QED) is 0.778. The zero-order valence-corrected chi connectivity index (χ0v) is 12.2. The molecule has 2 aromatic heterocycles. The van der Waals surface area contributed by atoms with Crippen LogP contribution in [0.5, 0.6) is 0 Å². The number of nitrogens with one attached hydrogen (secondary N) is 1. The molecule has 8 nitrogen and oxygen atoms in total. The van der Waals surface area contributed by atoms with E-state index < -0.39 is 16.0 Å². The summed E-state index contributed by atoms with van der Waals surface area (Å²) in [7, 11) is -3.94. The molecule has 9 heteroatoms. The molecule has 114 valence electrons. The summed E-state index contributed by atoms with van der Waals surface area (Å²) in [6, 6.07) is 0.322. The third kappa shape index (κ3) is 3.36. The molecule has 3 rings (SSSR count). The fourth-order valence-electron chi connectivity index (χ4n) is 2.93. The third-order valence-corrected chi connectivity index (χ3v) is 4.43. The molecule has 2 heterocycles. The number of rotatable bonds is 5. The number of aromatic nitrogens is 4. The number of nitrogens with zero attached hydrogens (tertiary/aromatic N) is 4. The van der Waals surface area contributed by atoms with Crippen LogP contribution in [-0.4, -0.2) is 44.9 Å². The van der Waals surface area contributed by atoms with Crippen LogP contribution in [0, 0.1) is 5.92 Å².